The standard InChI is InChI=1S/C22H21F4NO4S2.C14H17NO4S2.C9H9NS.3CH4/c1-14-16-6-3-4-7-19(16)32-21(14)27(33(29,30)11-5-8-20(28)31-2)13-15-9-10-18(23)17(12-15)22(24,25)26;1-10-11-6-3-4-7-12(11)20-14(10)15-21(17,18)9-5-8-13(16)19-2;1-6-7-4-2-3-5-8(7)11-9(6)10;;;/h3-4,6-7,9-10,12H,5,8,11,13H2,1-2H3;3-4,6-7,15H,5,8-9H2,1-2H3;2-5H,10H2,1H3;3*1H4. The van der Waals surface area contributed by atoms with E-state index in [9.17, 15) is 44.0 Å². The number of nitrogens with zero attached hydrogens (tertiary/aromatic N) is 1. The molecule has 0 aliphatic heterocycles. The van der Waals surface area contributed by atoms with E-state index in [0.717, 1.165) is 41.1 Å². The third kappa shape index (κ3) is 15.1. The van der Waals surface area contributed by atoms with Crippen molar-refractivity contribution in [1.82, 2.24) is 0 Å². The number of hydrogen-bond acceptors (Lipinski definition) is 12. The lowest BCUT2D eigenvalue weighted by Gasteiger charge is -2.24. The van der Waals surface area contributed by atoms with Crippen molar-refractivity contribution in [2.24, 2.45) is 0 Å². The van der Waals surface area contributed by atoms with E-state index >= 15 is 0 Å². The van der Waals surface area contributed by atoms with Crippen LogP contribution in [0.2, 0.25) is 0 Å². The summed E-state index contributed by atoms with van der Waals surface area (Å²) >= 11 is 4.26. The Hall–Kier alpha value is -5.28. The molecule has 11 nitrogen and oxygen atoms in total. The summed E-state index contributed by atoms with van der Waals surface area (Å²) in [5.74, 6) is -2.91. The van der Waals surface area contributed by atoms with Crippen molar-refractivity contribution in [3.8, 4) is 0 Å². The number of sulfonamides is 2. The minimum Gasteiger partial charge on any atom is -0.469 e. The van der Waals surface area contributed by atoms with Crippen molar-refractivity contribution in [1.29, 1.82) is 0 Å². The number of nitrogens with two attached hydrogens (primary N) is 1. The van der Waals surface area contributed by atoms with Crippen molar-refractivity contribution in [3.63, 3.8) is 0 Å². The van der Waals surface area contributed by atoms with E-state index in [1.165, 1.54) is 52.5 Å². The number of esters is 2. The van der Waals surface area contributed by atoms with Gasteiger partial charge < -0.3 is 15.2 Å². The topological polar surface area (TPSA) is 162 Å². The fourth-order valence-electron chi connectivity index (χ4n) is 6.53. The molecule has 0 aliphatic rings. The van der Waals surface area contributed by atoms with Crippen LogP contribution in [0.1, 0.15) is 75.8 Å². The van der Waals surface area contributed by atoms with Gasteiger partial charge in [-0.2, -0.15) is 13.2 Å². The number of carbonyl (C=O) groups excluding carboxylic acids is 2. The average molecular weight is 1040 g/mol. The molecule has 3 heterocycles. The van der Waals surface area contributed by atoms with Gasteiger partial charge in [-0.25, -0.2) is 21.2 Å². The highest BCUT2D eigenvalue weighted by Crippen LogP contribution is 2.41. The Balaban J connectivity index is 0.000000386. The largest absolute Gasteiger partial charge is 0.469 e. The van der Waals surface area contributed by atoms with Gasteiger partial charge in [-0.05, 0) is 102 Å². The first kappa shape index (κ1) is 58.8. The quantitative estimate of drug-likeness (QED) is 0.0797. The molecule has 0 bridgehead atoms. The molecule has 68 heavy (non-hydrogen) atoms. The summed E-state index contributed by atoms with van der Waals surface area (Å²) < 4.78 is 120. The number of fused-ring (bicyclic) bond motifs is 3. The average Bonchev–Trinajstić information content (AvgIpc) is 3.87. The van der Waals surface area contributed by atoms with Crippen molar-refractivity contribution in [3.05, 3.63) is 125 Å². The Bertz CT molecular complexity index is 3020. The van der Waals surface area contributed by atoms with Crippen LogP contribution < -0.4 is 14.8 Å². The summed E-state index contributed by atoms with van der Waals surface area (Å²) in [5, 5.41) is 5.08. The second-order valence-electron chi connectivity index (χ2n) is 14.6. The second-order valence-corrected chi connectivity index (χ2v) is 21.6. The molecule has 3 N–H and O–H groups in total. The predicted octanol–water partition coefficient (Wildman–Crippen LogP) is 13.3. The third-order valence-electron chi connectivity index (χ3n) is 10.0. The minimum atomic E-state index is -4.92. The molecule has 0 amide bonds. The van der Waals surface area contributed by atoms with E-state index in [1.54, 1.807) is 30.4 Å². The zero-order valence-corrected chi connectivity index (χ0v) is 40.0. The summed E-state index contributed by atoms with van der Waals surface area (Å²) in [6.45, 7) is 5.27. The van der Waals surface area contributed by atoms with E-state index in [4.69, 9.17) is 5.73 Å². The van der Waals surface area contributed by atoms with Gasteiger partial charge >= 0.3 is 18.1 Å². The number of nitrogen functional groups attached to an aromatic ring is 1. The number of hydrogen-bond donors (Lipinski definition) is 2. The zero-order valence-electron chi connectivity index (χ0n) is 36.0. The first-order valence-electron chi connectivity index (χ1n) is 19.9. The highest BCUT2D eigenvalue weighted by molar-refractivity contribution is 7.93. The van der Waals surface area contributed by atoms with Gasteiger partial charge in [-0.15, -0.1) is 34.0 Å². The minimum absolute atomic E-state index is 0. The molecule has 0 atom stereocenters. The molecule has 372 valence electrons. The smallest absolute Gasteiger partial charge is 0.419 e. The van der Waals surface area contributed by atoms with E-state index in [1.807, 2.05) is 55.5 Å². The molecule has 7 rings (SSSR count). The van der Waals surface area contributed by atoms with Gasteiger partial charge in [0.15, 0.2) is 0 Å². The fourth-order valence-corrected chi connectivity index (χ4v) is 13.1. The SMILES string of the molecule is C.C.C.COC(=O)CCCS(=O)(=O)N(Cc1ccc(F)c(C(F)(F)F)c1)c1sc2ccccc2c1C.COC(=O)CCCS(=O)(=O)Nc1sc2ccccc2c1C.Cc1c(N)sc2ccccc12. The van der Waals surface area contributed by atoms with Crippen molar-refractivity contribution in [2.75, 3.05) is 40.5 Å². The second kappa shape index (κ2) is 25.4. The maximum Gasteiger partial charge on any atom is 0.419 e. The number of methoxy groups -OCH3 is 2. The summed E-state index contributed by atoms with van der Waals surface area (Å²) in [6, 6.07) is 25.7. The molecule has 0 spiro atoms. The van der Waals surface area contributed by atoms with Crippen LogP contribution in [0.15, 0.2) is 91.0 Å². The number of carbonyl (C=O) groups is 2. The van der Waals surface area contributed by atoms with Crippen LogP contribution in [0, 0.1) is 26.6 Å². The number of alkyl halides is 3. The first-order chi connectivity index (χ1) is 30.7. The third-order valence-corrected chi connectivity index (χ3v) is 17.0. The highest BCUT2D eigenvalue weighted by atomic mass is 32.2. The molecule has 0 saturated carbocycles. The Morgan fingerprint density at radius 3 is 1.63 bits per heavy atom. The Labute approximate surface area is 409 Å². The first-order valence-corrected chi connectivity index (χ1v) is 25.6. The van der Waals surface area contributed by atoms with Gasteiger partial charge in [-0.1, -0.05) is 82.9 Å². The molecule has 0 aliphatic carbocycles. The maximum absolute atomic E-state index is 13.7. The molecular weight excluding hydrogens is 983 g/mol. The van der Waals surface area contributed by atoms with E-state index in [0.29, 0.717) is 27.7 Å². The maximum atomic E-state index is 13.7. The molecule has 0 unspecified atom stereocenters. The number of rotatable bonds is 14. The van der Waals surface area contributed by atoms with Gasteiger partial charge in [-0.3, -0.25) is 18.6 Å². The number of thiophene rings is 3. The molecular formula is C48H59F4N3O8S5. The van der Waals surface area contributed by atoms with Crippen LogP contribution in [0.3, 0.4) is 0 Å². The Kier molecular flexibility index (Phi) is 21.9. The molecule has 20 heteroatoms. The van der Waals surface area contributed by atoms with Crippen molar-refractivity contribution < 1.29 is 53.5 Å². The van der Waals surface area contributed by atoms with E-state index in [2.05, 4.69) is 33.3 Å². The Morgan fingerprint density at radius 1 is 0.676 bits per heavy atom. The number of anilines is 3. The summed E-state index contributed by atoms with van der Waals surface area (Å²) in [6.07, 6.45) is -4.72. The number of benzene rings is 4. The molecule has 4 aromatic carbocycles. The summed E-state index contributed by atoms with van der Waals surface area (Å²) in [5.41, 5.74) is 7.09. The molecule has 3 aromatic heterocycles. The zero-order chi connectivity index (χ0) is 47.7. The summed E-state index contributed by atoms with van der Waals surface area (Å²) in [4.78, 5) is 22.4. The number of halogens is 4. The normalized spacial score (nSPS) is 11.2. The Morgan fingerprint density at radius 2 is 1.15 bits per heavy atom. The van der Waals surface area contributed by atoms with Crippen LogP contribution in [0.5, 0.6) is 0 Å². The molecule has 7 aromatic rings. The number of nitrogens with one attached hydrogen (secondary N) is 1. The monoisotopic (exact) mass is 1040 g/mol. The van der Waals surface area contributed by atoms with Gasteiger partial charge in [0, 0.05) is 26.9 Å². The highest BCUT2D eigenvalue weighted by Gasteiger charge is 2.35. The lowest BCUT2D eigenvalue weighted by molar-refractivity contribution is -0.141. The van der Waals surface area contributed by atoms with Crippen molar-refractivity contribution in [2.45, 2.75) is 81.5 Å². The number of ether oxygens (including phenoxy) is 2. The van der Waals surface area contributed by atoms with E-state index < -0.39 is 61.8 Å². The molecule has 0 radical (unpaired) electrons. The molecule has 0 saturated heterocycles. The fraction of sp³-hybridized carbons (Fsp3) is 0.333. The number of aryl methyl sites for hydroxylation is 3. The predicted molar refractivity (Wildman–Crippen MR) is 276 cm³/mol. The van der Waals surface area contributed by atoms with E-state index in [-0.39, 0.29) is 59.3 Å². The van der Waals surface area contributed by atoms with Gasteiger partial charge in [0.05, 0.1) is 42.8 Å². The van der Waals surface area contributed by atoms with Crippen LogP contribution >= 0.6 is 34.0 Å². The lowest BCUT2D eigenvalue weighted by atomic mass is 10.1. The van der Waals surface area contributed by atoms with Crippen LogP contribution in [-0.2, 0) is 51.8 Å². The summed E-state index contributed by atoms with van der Waals surface area (Å²) in [7, 11) is -5.02. The van der Waals surface area contributed by atoms with Gasteiger partial charge in [0.1, 0.15) is 15.8 Å². The lowest BCUT2D eigenvalue weighted by Crippen LogP contribution is -2.33. The van der Waals surface area contributed by atoms with Gasteiger partial charge in [0.2, 0.25) is 20.0 Å². The molecule has 0 fully saturated rings. The van der Waals surface area contributed by atoms with Gasteiger partial charge in [0.25, 0.3) is 0 Å². The van der Waals surface area contributed by atoms with Crippen LogP contribution in [0.25, 0.3) is 30.3 Å². The van der Waals surface area contributed by atoms with Crippen LogP contribution in [0.4, 0.5) is 32.6 Å². The van der Waals surface area contributed by atoms with Crippen LogP contribution in [-0.4, -0.2) is 54.5 Å². The van der Waals surface area contributed by atoms with Crippen molar-refractivity contribution >= 4 is 111 Å².